The maximum absolute atomic E-state index is 5.34. The van der Waals surface area contributed by atoms with Crippen molar-refractivity contribution < 1.29 is 4.74 Å². The van der Waals surface area contributed by atoms with E-state index in [-0.39, 0.29) is 0 Å². The van der Waals surface area contributed by atoms with Crippen LogP contribution in [0.2, 0.25) is 0 Å². The summed E-state index contributed by atoms with van der Waals surface area (Å²) < 4.78 is 5.34. The van der Waals surface area contributed by atoms with Crippen molar-refractivity contribution in [2.45, 2.75) is 26.7 Å². The first-order chi connectivity index (χ1) is 11.3. The topological polar surface area (TPSA) is 48.9 Å². The van der Waals surface area contributed by atoms with Crippen LogP contribution in [0.25, 0.3) is 0 Å². The van der Waals surface area contributed by atoms with Crippen LogP contribution >= 0.6 is 0 Å². The molecule has 1 rings (SSSR count). The first-order valence-electron chi connectivity index (χ1n) is 8.64. The van der Waals surface area contributed by atoms with E-state index in [1.54, 1.807) is 0 Å². The smallest absolute Gasteiger partial charge is 0.191 e. The van der Waals surface area contributed by atoms with E-state index in [1.807, 2.05) is 13.0 Å². The average Bonchev–Trinajstić information content (AvgIpc) is 2.59. The molecule has 0 bridgehead atoms. The van der Waals surface area contributed by atoms with Crippen LogP contribution in [0.4, 0.5) is 5.69 Å². The molecule has 5 nitrogen and oxygen atoms in total. The Kier molecular flexibility index (Phi) is 10.7. The molecule has 0 amide bonds. The molecule has 1 aromatic carbocycles. The number of aliphatic imine (C=N–C) groups is 1. The molecule has 0 aliphatic carbocycles. The minimum Gasteiger partial charge on any atom is -0.382 e. The first-order valence-corrected chi connectivity index (χ1v) is 8.64. The quantitative estimate of drug-likeness (QED) is 0.374. The molecule has 130 valence electrons. The molecule has 0 aromatic heterocycles. The van der Waals surface area contributed by atoms with E-state index in [4.69, 9.17) is 4.74 Å². The lowest BCUT2D eigenvalue weighted by molar-refractivity contribution is 0.145. The van der Waals surface area contributed by atoms with Crippen molar-refractivity contribution in [2.24, 2.45) is 4.99 Å². The second-order valence-electron chi connectivity index (χ2n) is 5.35. The largest absolute Gasteiger partial charge is 0.382 e. The van der Waals surface area contributed by atoms with E-state index in [0.29, 0.717) is 0 Å². The van der Waals surface area contributed by atoms with Crippen molar-refractivity contribution in [3.63, 3.8) is 0 Å². The molecular formula is C18H32N4O. The van der Waals surface area contributed by atoms with Crippen LogP contribution in [-0.2, 0) is 4.74 Å². The fourth-order valence-electron chi connectivity index (χ4n) is 2.18. The molecule has 5 heteroatoms. The van der Waals surface area contributed by atoms with Gasteiger partial charge in [-0.25, -0.2) is 0 Å². The second kappa shape index (κ2) is 12.8. The fourth-order valence-corrected chi connectivity index (χ4v) is 2.18. The van der Waals surface area contributed by atoms with Crippen molar-refractivity contribution in [1.82, 2.24) is 10.6 Å². The number of rotatable bonds is 11. The van der Waals surface area contributed by atoms with Gasteiger partial charge in [0.1, 0.15) is 0 Å². The van der Waals surface area contributed by atoms with Gasteiger partial charge in [-0.05, 0) is 38.8 Å². The third-order valence-electron chi connectivity index (χ3n) is 3.42. The van der Waals surface area contributed by atoms with E-state index < -0.39 is 0 Å². The Balaban J connectivity index is 2.25. The molecule has 0 atom stereocenters. The number of hydrogen-bond donors (Lipinski definition) is 2. The van der Waals surface area contributed by atoms with Crippen molar-refractivity contribution in [1.29, 1.82) is 0 Å². The van der Waals surface area contributed by atoms with Gasteiger partial charge in [0.15, 0.2) is 5.96 Å². The monoisotopic (exact) mass is 320 g/mol. The van der Waals surface area contributed by atoms with Gasteiger partial charge in [-0.15, -0.1) is 0 Å². The second-order valence-corrected chi connectivity index (χ2v) is 5.35. The lowest BCUT2D eigenvalue weighted by Crippen LogP contribution is -2.38. The molecular weight excluding hydrogens is 288 g/mol. The van der Waals surface area contributed by atoms with E-state index in [0.717, 1.165) is 58.2 Å². The number of nitrogens with one attached hydrogen (secondary N) is 2. The van der Waals surface area contributed by atoms with Gasteiger partial charge in [0.2, 0.25) is 0 Å². The Hall–Kier alpha value is -1.75. The van der Waals surface area contributed by atoms with Crippen LogP contribution in [-0.4, -0.2) is 52.4 Å². The molecule has 0 saturated heterocycles. The average molecular weight is 320 g/mol. The SMILES string of the molecule is CCNC(=NCCCN(C)c1ccccc1)NCCCOCC. The van der Waals surface area contributed by atoms with Gasteiger partial charge in [0, 0.05) is 52.1 Å². The summed E-state index contributed by atoms with van der Waals surface area (Å²) in [4.78, 5) is 6.89. The van der Waals surface area contributed by atoms with Crippen LogP contribution < -0.4 is 15.5 Å². The highest BCUT2D eigenvalue weighted by Crippen LogP contribution is 2.10. The molecule has 0 fully saturated rings. The van der Waals surface area contributed by atoms with E-state index in [1.165, 1.54) is 5.69 Å². The molecule has 0 aliphatic heterocycles. The van der Waals surface area contributed by atoms with Gasteiger partial charge >= 0.3 is 0 Å². The number of nitrogens with zero attached hydrogens (tertiary/aromatic N) is 2. The summed E-state index contributed by atoms with van der Waals surface area (Å²) in [6.45, 7) is 9.26. The summed E-state index contributed by atoms with van der Waals surface area (Å²) in [5.41, 5.74) is 1.25. The standard InChI is InChI=1S/C18H32N4O/c1-4-19-18(21-14-10-16-23-5-2)20-13-9-15-22(3)17-11-7-6-8-12-17/h6-8,11-12H,4-5,9-10,13-16H2,1-3H3,(H2,19,20,21). The predicted octanol–water partition coefficient (Wildman–Crippen LogP) is 2.49. The lowest BCUT2D eigenvalue weighted by Gasteiger charge is -2.18. The fraction of sp³-hybridized carbons (Fsp3) is 0.611. The Morgan fingerprint density at radius 2 is 1.91 bits per heavy atom. The zero-order valence-electron chi connectivity index (χ0n) is 14.8. The lowest BCUT2D eigenvalue weighted by atomic mass is 10.3. The van der Waals surface area contributed by atoms with Crippen LogP contribution in [0.1, 0.15) is 26.7 Å². The van der Waals surface area contributed by atoms with Crippen LogP contribution in [0.15, 0.2) is 35.3 Å². The summed E-state index contributed by atoms with van der Waals surface area (Å²) in [5, 5.41) is 6.62. The zero-order chi connectivity index (χ0) is 16.8. The molecule has 2 N–H and O–H groups in total. The minimum absolute atomic E-state index is 0.781. The maximum atomic E-state index is 5.34. The molecule has 1 aromatic rings. The first kappa shape index (κ1) is 19.3. The normalized spacial score (nSPS) is 11.3. The molecule has 0 unspecified atom stereocenters. The van der Waals surface area contributed by atoms with E-state index in [9.17, 15) is 0 Å². The summed E-state index contributed by atoms with van der Waals surface area (Å²) in [7, 11) is 2.12. The highest BCUT2D eigenvalue weighted by Gasteiger charge is 2.00. The molecule has 0 aliphatic rings. The number of guanidine groups is 1. The number of para-hydroxylation sites is 1. The van der Waals surface area contributed by atoms with Gasteiger partial charge in [-0.2, -0.15) is 0 Å². The van der Waals surface area contributed by atoms with Crippen molar-refractivity contribution in [3.05, 3.63) is 30.3 Å². The Morgan fingerprint density at radius 3 is 2.61 bits per heavy atom. The van der Waals surface area contributed by atoms with Crippen molar-refractivity contribution >= 4 is 11.6 Å². The van der Waals surface area contributed by atoms with Crippen LogP contribution in [0.3, 0.4) is 0 Å². The molecule has 0 radical (unpaired) electrons. The molecule has 0 heterocycles. The van der Waals surface area contributed by atoms with Gasteiger partial charge in [-0.1, -0.05) is 18.2 Å². The predicted molar refractivity (Wildman–Crippen MR) is 99.4 cm³/mol. The third-order valence-corrected chi connectivity index (χ3v) is 3.42. The number of hydrogen-bond acceptors (Lipinski definition) is 3. The van der Waals surface area contributed by atoms with Gasteiger partial charge < -0.3 is 20.3 Å². The summed E-state index contributed by atoms with van der Waals surface area (Å²) >= 11 is 0. The minimum atomic E-state index is 0.781. The highest BCUT2D eigenvalue weighted by atomic mass is 16.5. The maximum Gasteiger partial charge on any atom is 0.191 e. The molecule has 0 spiro atoms. The van der Waals surface area contributed by atoms with Crippen LogP contribution in [0, 0.1) is 0 Å². The zero-order valence-corrected chi connectivity index (χ0v) is 14.8. The Labute approximate surface area is 141 Å². The third kappa shape index (κ3) is 9.08. The summed E-state index contributed by atoms with van der Waals surface area (Å²) in [6.07, 6.45) is 2.02. The summed E-state index contributed by atoms with van der Waals surface area (Å²) in [5.74, 6) is 0.895. The number of ether oxygens (including phenoxy) is 1. The van der Waals surface area contributed by atoms with Gasteiger partial charge in [-0.3, -0.25) is 4.99 Å². The Morgan fingerprint density at radius 1 is 1.13 bits per heavy atom. The van der Waals surface area contributed by atoms with Crippen LogP contribution in [0.5, 0.6) is 0 Å². The number of anilines is 1. The molecule has 23 heavy (non-hydrogen) atoms. The van der Waals surface area contributed by atoms with Gasteiger partial charge in [0.25, 0.3) is 0 Å². The number of benzene rings is 1. The van der Waals surface area contributed by atoms with E-state index in [2.05, 4.69) is 58.8 Å². The van der Waals surface area contributed by atoms with Crippen molar-refractivity contribution in [2.75, 3.05) is 51.3 Å². The highest BCUT2D eigenvalue weighted by molar-refractivity contribution is 5.79. The molecule has 0 saturated carbocycles. The Bertz CT molecular complexity index is 422. The van der Waals surface area contributed by atoms with Gasteiger partial charge in [0.05, 0.1) is 0 Å². The van der Waals surface area contributed by atoms with E-state index >= 15 is 0 Å². The summed E-state index contributed by atoms with van der Waals surface area (Å²) in [6, 6.07) is 10.4. The van der Waals surface area contributed by atoms with Crippen molar-refractivity contribution in [3.8, 4) is 0 Å².